The molecule has 10 heteroatoms. The van der Waals surface area contributed by atoms with E-state index in [1.807, 2.05) is 60.9 Å². The number of hydrogen-bond acceptors (Lipinski definition) is 8. The highest BCUT2D eigenvalue weighted by Crippen LogP contribution is 2.38. The Morgan fingerprint density at radius 1 is 0.389 bits per heavy atom. The SMILES string of the molecule is O=C1c2ccc3c4c(ccc(c24)C(=O)N1CCCCCc1ccc(-c2ccccn2)nc1)C(=O)N(CCCCCc1ccc(-c2ccccn2)nc1)C3=O. The molecule has 0 N–H and O–H groups in total. The van der Waals surface area contributed by atoms with Gasteiger partial charge in [-0.1, -0.05) is 37.1 Å². The molecule has 0 saturated carbocycles. The molecule has 0 radical (unpaired) electrons. The van der Waals surface area contributed by atoms with E-state index < -0.39 is 23.6 Å². The molecule has 0 saturated heterocycles. The normalized spacial score (nSPS) is 13.6. The van der Waals surface area contributed by atoms with Gasteiger partial charge in [-0.25, -0.2) is 0 Å². The summed E-state index contributed by atoms with van der Waals surface area (Å²) < 4.78 is 0. The fraction of sp³-hybridized carbons (Fsp3) is 0.227. The van der Waals surface area contributed by atoms with Crippen LogP contribution in [0.1, 0.15) is 91.1 Å². The lowest BCUT2D eigenvalue weighted by atomic mass is 9.86. The molecule has 54 heavy (non-hydrogen) atoms. The van der Waals surface area contributed by atoms with E-state index in [4.69, 9.17) is 0 Å². The summed E-state index contributed by atoms with van der Waals surface area (Å²) in [6.07, 6.45) is 13.7. The fourth-order valence-corrected chi connectivity index (χ4v) is 7.41. The van der Waals surface area contributed by atoms with Crippen molar-refractivity contribution < 1.29 is 19.2 Å². The summed E-state index contributed by atoms with van der Waals surface area (Å²) in [5.41, 5.74) is 6.95. The van der Waals surface area contributed by atoms with E-state index in [1.165, 1.54) is 9.80 Å². The number of imide groups is 2. The summed E-state index contributed by atoms with van der Waals surface area (Å²) in [6, 6.07) is 26.1. The minimum Gasteiger partial charge on any atom is -0.274 e. The van der Waals surface area contributed by atoms with Crippen LogP contribution in [0.3, 0.4) is 0 Å². The van der Waals surface area contributed by atoms with Crippen molar-refractivity contribution in [2.24, 2.45) is 0 Å². The first-order valence-corrected chi connectivity index (χ1v) is 18.5. The molecule has 0 atom stereocenters. The second-order valence-electron chi connectivity index (χ2n) is 13.7. The smallest absolute Gasteiger partial charge is 0.261 e. The summed E-state index contributed by atoms with van der Waals surface area (Å²) in [7, 11) is 0. The molecule has 0 fully saturated rings. The van der Waals surface area contributed by atoms with E-state index in [9.17, 15) is 19.2 Å². The Morgan fingerprint density at radius 2 is 0.778 bits per heavy atom. The van der Waals surface area contributed by atoms with Crippen molar-refractivity contribution in [1.82, 2.24) is 29.7 Å². The second-order valence-corrected chi connectivity index (χ2v) is 13.7. The van der Waals surface area contributed by atoms with Crippen LogP contribution in [-0.2, 0) is 12.8 Å². The first kappa shape index (κ1) is 34.7. The summed E-state index contributed by atoms with van der Waals surface area (Å²) in [6.45, 7) is 0.579. The van der Waals surface area contributed by atoms with Gasteiger partial charge in [0.1, 0.15) is 0 Å². The van der Waals surface area contributed by atoms with Crippen LogP contribution < -0.4 is 0 Å². The van der Waals surface area contributed by atoms with E-state index in [0.29, 0.717) is 45.9 Å². The third kappa shape index (κ3) is 6.78. The minimum absolute atomic E-state index is 0.289. The zero-order valence-electron chi connectivity index (χ0n) is 29.8. The van der Waals surface area contributed by atoms with Crippen molar-refractivity contribution in [3.8, 4) is 22.8 Å². The molecular weight excluding hydrogens is 677 g/mol. The monoisotopic (exact) mass is 714 g/mol. The number of amides is 4. The number of rotatable bonds is 14. The Hall–Kier alpha value is -6.42. The van der Waals surface area contributed by atoms with Crippen molar-refractivity contribution in [3.63, 3.8) is 0 Å². The summed E-state index contributed by atoms with van der Waals surface area (Å²) in [4.78, 5) is 75.2. The highest BCUT2D eigenvalue weighted by molar-refractivity contribution is 6.33. The Labute approximate surface area is 312 Å². The quantitative estimate of drug-likeness (QED) is 0.0828. The van der Waals surface area contributed by atoms with Gasteiger partial charge in [0.15, 0.2) is 0 Å². The summed E-state index contributed by atoms with van der Waals surface area (Å²) in [5, 5.41) is 0.809. The predicted octanol–water partition coefficient (Wildman–Crippen LogP) is 7.77. The maximum Gasteiger partial charge on any atom is 0.261 e. The van der Waals surface area contributed by atoms with Gasteiger partial charge >= 0.3 is 0 Å². The number of carbonyl (C=O) groups excluding carboxylic acids is 4. The fourth-order valence-electron chi connectivity index (χ4n) is 7.41. The van der Waals surface area contributed by atoms with Gasteiger partial charge in [-0.3, -0.25) is 48.9 Å². The van der Waals surface area contributed by atoms with E-state index >= 15 is 0 Å². The Morgan fingerprint density at radius 3 is 1.11 bits per heavy atom. The molecule has 2 aromatic carbocycles. The molecule has 10 nitrogen and oxygen atoms in total. The molecule has 0 aliphatic carbocycles. The van der Waals surface area contributed by atoms with Gasteiger partial charge in [0.2, 0.25) is 0 Å². The standard InChI is InChI=1S/C44H38N6O4/c51-41-31-17-19-33-40-34(44(54)50(43(33)53)26-10-2-4-12-30-16-22-38(48-28-30)36-14-6-8-24-46-36)20-18-32(39(31)40)42(52)49(41)25-9-1-3-11-29-15-21-37(47-27-29)35-13-5-7-23-45-35/h5-8,13-24,27-28H,1-4,9-12,25-26H2. The lowest BCUT2D eigenvalue weighted by Crippen LogP contribution is -2.43. The number of pyridine rings is 4. The van der Waals surface area contributed by atoms with Crippen molar-refractivity contribution in [3.05, 3.63) is 143 Å². The zero-order valence-corrected chi connectivity index (χ0v) is 29.8. The molecule has 4 amide bonds. The van der Waals surface area contributed by atoms with Crippen LogP contribution in [0.5, 0.6) is 0 Å². The second kappa shape index (κ2) is 15.3. The number of hydrogen-bond donors (Lipinski definition) is 0. The van der Waals surface area contributed by atoms with Crippen LogP contribution in [0.15, 0.2) is 110 Å². The van der Waals surface area contributed by atoms with Crippen LogP contribution in [0, 0.1) is 0 Å². The number of benzene rings is 2. The Kier molecular flexibility index (Phi) is 9.81. The highest BCUT2D eigenvalue weighted by Gasteiger charge is 2.39. The maximum absolute atomic E-state index is 13.7. The van der Waals surface area contributed by atoms with E-state index in [1.54, 1.807) is 36.7 Å². The topological polar surface area (TPSA) is 126 Å². The predicted molar refractivity (Wildman–Crippen MR) is 205 cm³/mol. The van der Waals surface area contributed by atoms with E-state index in [0.717, 1.165) is 72.4 Å². The first-order valence-electron chi connectivity index (χ1n) is 18.5. The van der Waals surface area contributed by atoms with E-state index in [2.05, 4.69) is 32.1 Å². The van der Waals surface area contributed by atoms with Gasteiger partial charge < -0.3 is 0 Å². The van der Waals surface area contributed by atoms with Gasteiger partial charge in [0.05, 0.1) is 22.8 Å². The third-order valence-electron chi connectivity index (χ3n) is 10.3. The van der Waals surface area contributed by atoms with Crippen LogP contribution >= 0.6 is 0 Å². The molecule has 0 unspecified atom stereocenters. The van der Waals surface area contributed by atoms with Crippen molar-refractivity contribution in [1.29, 1.82) is 0 Å². The summed E-state index contributed by atoms with van der Waals surface area (Å²) in [5.74, 6) is -1.58. The average molecular weight is 715 g/mol. The van der Waals surface area contributed by atoms with Gasteiger partial charge in [-0.15, -0.1) is 0 Å². The number of unbranched alkanes of at least 4 members (excludes halogenated alkanes) is 4. The van der Waals surface area contributed by atoms with Crippen LogP contribution in [0.4, 0.5) is 0 Å². The molecule has 0 bridgehead atoms. The maximum atomic E-state index is 13.7. The summed E-state index contributed by atoms with van der Waals surface area (Å²) >= 11 is 0. The number of aryl methyl sites for hydroxylation is 2. The molecule has 4 aromatic heterocycles. The zero-order chi connectivity index (χ0) is 37.0. The molecular formula is C44H38N6O4. The number of aromatic nitrogens is 4. The van der Waals surface area contributed by atoms with Crippen molar-refractivity contribution >= 4 is 34.4 Å². The van der Waals surface area contributed by atoms with Crippen molar-refractivity contribution in [2.75, 3.05) is 13.1 Å². The Bertz CT molecular complexity index is 2130. The van der Waals surface area contributed by atoms with Gasteiger partial charge in [0.25, 0.3) is 23.6 Å². The van der Waals surface area contributed by atoms with Crippen LogP contribution in [0.2, 0.25) is 0 Å². The molecule has 6 aromatic rings. The molecule has 268 valence electrons. The van der Waals surface area contributed by atoms with Gasteiger partial charge in [-0.2, -0.15) is 0 Å². The Balaban J connectivity index is 0.856. The molecule has 2 aliphatic rings. The average Bonchev–Trinajstić information content (AvgIpc) is 3.22. The largest absolute Gasteiger partial charge is 0.274 e. The molecule has 8 rings (SSSR count). The molecule has 6 heterocycles. The third-order valence-corrected chi connectivity index (χ3v) is 10.3. The van der Waals surface area contributed by atoms with Gasteiger partial charge in [-0.05, 0) is 110 Å². The minimum atomic E-state index is -0.394. The van der Waals surface area contributed by atoms with E-state index in [-0.39, 0.29) is 13.1 Å². The van der Waals surface area contributed by atoms with Crippen molar-refractivity contribution in [2.45, 2.75) is 51.4 Å². The molecule has 2 aliphatic heterocycles. The number of carbonyl (C=O) groups is 4. The van der Waals surface area contributed by atoms with Crippen LogP contribution in [0.25, 0.3) is 33.5 Å². The lowest BCUT2D eigenvalue weighted by Gasteiger charge is -2.32. The first-order chi connectivity index (χ1) is 26.5. The molecule has 0 spiro atoms. The number of nitrogens with zero attached hydrogens (tertiary/aromatic N) is 6. The lowest BCUT2D eigenvalue weighted by molar-refractivity contribution is 0.0586. The van der Waals surface area contributed by atoms with Crippen LogP contribution in [-0.4, -0.2) is 66.5 Å². The van der Waals surface area contributed by atoms with Gasteiger partial charge in [0, 0.05) is 70.9 Å². The highest BCUT2D eigenvalue weighted by atomic mass is 16.2.